The molecular formula is C12H10Cl2N2O4S. The standard InChI is InChI=1S/C12H10Cl2N2O4S/c1-6-11(12(17)18)9(5-15-6)16-21(19,20)10-4-7(13)2-3-8(10)14/h2-5,15-16H,1H3,(H,17,18). The van der Waals surface area contributed by atoms with Crippen LogP contribution in [-0.2, 0) is 10.0 Å². The van der Waals surface area contributed by atoms with Crippen LogP contribution in [0, 0.1) is 6.92 Å². The van der Waals surface area contributed by atoms with Gasteiger partial charge in [0.15, 0.2) is 0 Å². The summed E-state index contributed by atoms with van der Waals surface area (Å²) in [7, 11) is -4.06. The summed E-state index contributed by atoms with van der Waals surface area (Å²) < 4.78 is 26.8. The van der Waals surface area contributed by atoms with Crippen LogP contribution in [0.5, 0.6) is 0 Å². The molecule has 1 aromatic heterocycles. The highest BCUT2D eigenvalue weighted by molar-refractivity contribution is 7.92. The molecule has 112 valence electrons. The van der Waals surface area contributed by atoms with Crippen LogP contribution in [0.4, 0.5) is 5.69 Å². The van der Waals surface area contributed by atoms with Gasteiger partial charge in [0.2, 0.25) is 0 Å². The quantitative estimate of drug-likeness (QED) is 0.790. The van der Waals surface area contributed by atoms with Crippen molar-refractivity contribution in [2.45, 2.75) is 11.8 Å². The summed E-state index contributed by atoms with van der Waals surface area (Å²) >= 11 is 11.6. The predicted octanol–water partition coefficient (Wildman–Crippen LogP) is 3.13. The first-order valence-corrected chi connectivity index (χ1v) is 7.85. The van der Waals surface area contributed by atoms with Crippen LogP contribution in [-0.4, -0.2) is 24.5 Å². The second kappa shape index (κ2) is 5.59. The number of benzene rings is 1. The minimum absolute atomic E-state index is 0.0176. The van der Waals surface area contributed by atoms with Crippen molar-refractivity contribution < 1.29 is 18.3 Å². The first-order chi connectivity index (χ1) is 9.72. The first-order valence-electron chi connectivity index (χ1n) is 5.61. The van der Waals surface area contributed by atoms with Crippen molar-refractivity contribution in [1.29, 1.82) is 0 Å². The lowest BCUT2D eigenvalue weighted by Gasteiger charge is -2.09. The van der Waals surface area contributed by atoms with Gasteiger partial charge in [0.1, 0.15) is 10.5 Å². The van der Waals surface area contributed by atoms with Gasteiger partial charge in [-0.05, 0) is 25.1 Å². The first kappa shape index (κ1) is 15.7. The Balaban J connectivity index is 2.48. The second-order valence-electron chi connectivity index (χ2n) is 4.19. The monoisotopic (exact) mass is 348 g/mol. The SMILES string of the molecule is Cc1[nH]cc(NS(=O)(=O)c2cc(Cl)ccc2Cl)c1C(=O)O. The van der Waals surface area contributed by atoms with Crippen LogP contribution < -0.4 is 4.72 Å². The highest BCUT2D eigenvalue weighted by Crippen LogP contribution is 2.28. The molecule has 1 heterocycles. The molecule has 0 spiro atoms. The zero-order chi connectivity index (χ0) is 15.8. The van der Waals surface area contributed by atoms with E-state index in [0.29, 0.717) is 5.69 Å². The van der Waals surface area contributed by atoms with E-state index in [-0.39, 0.29) is 26.2 Å². The molecule has 0 atom stereocenters. The number of anilines is 1. The smallest absolute Gasteiger partial charge is 0.339 e. The number of aryl methyl sites for hydroxylation is 1. The summed E-state index contributed by atoms with van der Waals surface area (Å²) in [6, 6.07) is 3.98. The normalized spacial score (nSPS) is 11.4. The van der Waals surface area contributed by atoms with Gasteiger partial charge in [-0.2, -0.15) is 0 Å². The summed E-state index contributed by atoms with van der Waals surface area (Å²) in [5.41, 5.74) is 0.102. The molecule has 21 heavy (non-hydrogen) atoms. The van der Waals surface area contributed by atoms with E-state index in [9.17, 15) is 13.2 Å². The Kier molecular flexibility index (Phi) is 4.18. The highest BCUT2D eigenvalue weighted by Gasteiger charge is 2.23. The molecule has 1 aromatic carbocycles. The van der Waals surface area contributed by atoms with Gasteiger partial charge in [-0.25, -0.2) is 13.2 Å². The van der Waals surface area contributed by atoms with Crippen LogP contribution in [0.1, 0.15) is 16.1 Å². The van der Waals surface area contributed by atoms with Crippen LogP contribution in [0.2, 0.25) is 10.0 Å². The van der Waals surface area contributed by atoms with Gasteiger partial charge in [-0.15, -0.1) is 0 Å². The van der Waals surface area contributed by atoms with Crippen LogP contribution in [0.25, 0.3) is 0 Å². The molecule has 9 heteroatoms. The molecule has 0 radical (unpaired) electrons. The van der Waals surface area contributed by atoms with Gasteiger partial charge in [-0.1, -0.05) is 23.2 Å². The Labute approximate surface area is 130 Å². The molecule has 0 aliphatic rings. The van der Waals surface area contributed by atoms with E-state index < -0.39 is 16.0 Å². The van der Waals surface area contributed by atoms with Gasteiger partial charge in [0.05, 0.1) is 10.7 Å². The number of H-pyrrole nitrogens is 1. The maximum Gasteiger partial charge on any atom is 0.339 e. The molecule has 2 rings (SSSR count). The average molecular weight is 349 g/mol. The van der Waals surface area contributed by atoms with E-state index in [2.05, 4.69) is 9.71 Å². The fourth-order valence-electron chi connectivity index (χ4n) is 1.77. The number of sulfonamides is 1. The fraction of sp³-hybridized carbons (Fsp3) is 0.0833. The summed E-state index contributed by atoms with van der Waals surface area (Å²) in [5, 5.41) is 9.28. The van der Waals surface area contributed by atoms with E-state index >= 15 is 0 Å². The highest BCUT2D eigenvalue weighted by atomic mass is 35.5. The Hall–Kier alpha value is -1.70. The number of hydrogen-bond acceptors (Lipinski definition) is 3. The molecule has 3 N–H and O–H groups in total. The number of carboxylic acid groups (broad SMARTS) is 1. The largest absolute Gasteiger partial charge is 0.478 e. The minimum Gasteiger partial charge on any atom is -0.478 e. The Morgan fingerprint density at radius 1 is 1.33 bits per heavy atom. The lowest BCUT2D eigenvalue weighted by molar-refractivity contribution is 0.0697. The third-order valence-corrected chi connectivity index (χ3v) is 4.80. The molecule has 2 aromatic rings. The van der Waals surface area contributed by atoms with Crippen molar-refractivity contribution >= 4 is 44.9 Å². The molecule has 0 saturated heterocycles. The van der Waals surface area contributed by atoms with Gasteiger partial charge < -0.3 is 10.1 Å². The van der Waals surface area contributed by atoms with Crippen molar-refractivity contribution in [2.75, 3.05) is 4.72 Å². The van der Waals surface area contributed by atoms with Crippen molar-refractivity contribution in [3.05, 3.63) is 45.7 Å². The number of aromatic amines is 1. The molecule has 6 nitrogen and oxygen atoms in total. The molecule has 0 unspecified atom stereocenters. The molecule has 0 fully saturated rings. The van der Waals surface area contributed by atoms with Gasteiger partial charge in [-0.3, -0.25) is 4.72 Å². The molecule has 0 aliphatic heterocycles. The number of hydrogen-bond donors (Lipinski definition) is 3. The number of nitrogens with one attached hydrogen (secondary N) is 2. The third-order valence-electron chi connectivity index (χ3n) is 2.72. The number of halogens is 2. The lowest BCUT2D eigenvalue weighted by atomic mass is 10.2. The predicted molar refractivity (Wildman–Crippen MR) is 79.8 cm³/mol. The summed E-state index contributed by atoms with van der Waals surface area (Å²) in [5.74, 6) is -1.25. The number of carbonyl (C=O) groups is 1. The number of aromatic nitrogens is 1. The minimum atomic E-state index is -4.06. The van der Waals surface area contributed by atoms with Gasteiger partial charge in [0, 0.05) is 16.9 Å². The van der Waals surface area contributed by atoms with Crippen molar-refractivity contribution in [2.24, 2.45) is 0 Å². The summed E-state index contributed by atoms with van der Waals surface area (Å²) in [6.07, 6.45) is 1.26. The molecule has 0 amide bonds. The zero-order valence-corrected chi connectivity index (χ0v) is 13.0. The van der Waals surface area contributed by atoms with Crippen molar-refractivity contribution in [1.82, 2.24) is 4.98 Å². The second-order valence-corrected chi connectivity index (χ2v) is 6.68. The maximum absolute atomic E-state index is 12.3. The average Bonchev–Trinajstić information content (AvgIpc) is 2.72. The summed E-state index contributed by atoms with van der Waals surface area (Å²) in [4.78, 5) is 13.6. The fourth-order valence-corrected chi connectivity index (χ4v) is 3.59. The van der Waals surface area contributed by atoms with Gasteiger partial charge >= 0.3 is 5.97 Å². The lowest BCUT2D eigenvalue weighted by Crippen LogP contribution is -2.15. The van der Waals surface area contributed by atoms with Crippen LogP contribution >= 0.6 is 23.2 Å². The van der Waals surface area contributed by atoms with E-state index in [1.807, 2.05) is 0 Å². The number of rotatable bonds is 4. The molecule has 0 bridgehead atoms. The zero-order valence-electron chi connectivity index (χ0n) is 10.6. The number of carboxylic acids is 1. The summed E-state index contributed by atoms with van der Waals surface area (Å²) in [6.45, 7) is 1.52. The van der Waals surface area contributed by atoms with Crippen molar-refractivity contribution in [3.63, 3.8) is 0 Å². The molecule has 0 aliphatic carbocycles. The maximum atomic E-state index is 12.3. The van der Waals surface area contributed by atoms with Gasteiger partial charge in [0.25, 0.3) is 10.0 Å². The molecular weight excluding hydrogens is 339 g/mol. The topological polar surface area (TPSA) is 99.3 Å². The molecule has 0 saturated carbocycles. The Bertz CT molecular complexity index is 815. The van der Waals surface area contributed by atoms with E-state index in [0.717, 1.165) is 0 Å². The van der Waals surface area contributed by atoms with E-state index in [4.69, 9.17) is 28.3 Å². The van der Waals surface area contributed by atoms with Crippen molar-refractivity contribution in [3.8, 4) is 0 Å². The Morgan fingerprint density at radius 2 is 2.00 bits per heavy atom. The Morgan fingerprint density at radius 3 is 2.62 bits per heavy atom. The van der Waals surface area contributed by atoms with Crippen LogP contribution in [0.3, 0.4) is 0 Å². The van der Waals surface area contributed by atoms with E-state index in [1.165, 1.54) is 31.3 Å². The number of aromatic carboxylic acids is 1. The third kappa shape index (κ3) is 3.15. The van der Waals surface area contributed by atoms with E-state index in [1.54, 1.807) is 0 Å². The van der Waals surface area contributed by atoms with Crippen LogP contribution in [0.15, 0.2) is 29.3 Å².